The Morgan fingerprint density at radius 1 is 1.23 bits per heavy atom. The van der Waals surface area contributed by atoms with Crippen LogP contribution in [0.3, 0.4) is 0 Å². The number of rotatable bonds is 8. The molecule has 2 unspecified atom stereocenters. The lowest BCUT2D eigenvalue weighted by Gasteiger charge is -2.38. The van der Waals surface area contributed by atoms with Gasteiger partial charge in [0.25, 0.3) is 0 Å². The minimum absolute atomic E-state index is 0.153. The summed E-state index contributed by atoms with van der Waals surface area (Å²) in [7, 11) is 1.27. The summed E-state index contributed by atoms with van der Waals surface area (Å²) in [6.45, 7) is 1.62. The van der Waals surface area contributed by atoms with Crippen molar-refractivity contribution in [3.63, 3.8) is 0 Å². The van der Waals surface area contributed by atoms with Crippen molar-refractivity contribution in [3.8, 4) is 16.2 Å². The number of esters is 1. The Labute approximate surface area is 215 Å². The fraction of sp³-hybridized carbons (Fsp3) is 0.458. The molecule has 2 aliphatic rings. The molecule has 3 heterocycles. The predicted octanol–water partition coefficient (Wildman–Crippen LogP) is 4.99. The van der Waals surface area contributed by atoms with Gasteiger partial charge in [-0.1, -0.05) is 12.1 Å². The topological polar surface area (TPSA) is 114 Å². The van der Waals surface area contributed by atoms with Crippen LogP contribution >= 0.6 is 27.3 Å². The summed E-state index contributed by atoms with van der Waals surface area (Å²) in [5.74, 6) is -1.59. The van der Waals surface area contributed by atoms with E-state index in [0.717, 1.165) is 41.8 Å². The molecule has 1 amide bonds. The Bertz CT molecular complexity index is 1110. The summed E-state index contributed by atoms with van der Waals surface area (Å²) in [6.07, 6.45) is 3.45. The van der Waals surface area contributed by atoms with Gasteiger partial charge >= 0.3 is 18.0 Å². The number of nitrogens with zero attached hydrogens (tertiary/aromatic N) is 1. The summed E-state index contributed by atoms with van der Waals surface area (Å²) in [4.78, 5) is 38.5. The molecule has 4 rings (SSSR count). The molecular weight excluding hydrogens is 540 g/mol. The van der Waals surface area contributed by atoms with Crippen LogP contribution in [0.15, 0.2) is 28.7 Å². The van der Waals surface area contributed by atoms with E-state index in [4.69, 9.17) is 19.3 Å². The van der Waals surface area contributed by atoms with Gasteiger partial charge in [0.1, 0.15) is 0 Å². The Morgan fingerprint density at radius 3 is 2.57 bits per heavy atom. The zero-order valence-corrected chi connectivity index (χ0v) is 21.8. The van der Waals surface area contributed by atoms with E-state index in [1.807, 2.05) is 36.1 Å². The summed E-state index contributed by atoms with van der Waals surface area (Å²) < 4.78 is 16.0. The van der Waals surface area contributed by atoms with Crippen LogP contribution in [0.2, 0.25) is 0 Å². The van der Waals surface area contributed by atoms with Crippen LogP contribution in [0.4, 0.5) is 10.5 Å². The lowest BCUT2D eigenvalue weighted by molar-refractivity contribution is -0.139. The number of benzene rings is 1. The largest absolute Gasteiger partial charge is 0.479 e. The van der Waals surface area contributed by atoms with Crippen molar-refractivity contribution >= 4 is 51.0 Å². The second-order valence-electron chi connectivity index (χ2n) is 8.46. The number of aliphatic carboxylic acids is 1. The highest BCUT2D eigenvalue weighted by molar-refractivity contribution is 9.10. The average molecular weight is 567 g/mol. The Morgan fingerprint density at radius 2 is 1.94 bits per heavy atom. The van der Waals surface area contributed by atoms with E-state index in [1.165, 1.54) is 18.4 Å². The lowest BCUT2D eigenvalue weighted by Crippen LogP contribution is -2.49. The van der Waals surface area contributed by atoms with Gasteiger partial charge < -0.3 is 29.5 Å². The van der Waals surface area contributed by atoms with Crippen LogP contribution < -0.4 is 10.1 Å². The molecule has 0 spiro atoms. The number of ether oxygens (including phenoxy) is 3. The smallest absolute Gasteiger partial charge is 0.410 e. The second kappa shape index (κ2) is 10.9. The van der Waals surface area contributed by atoms with Crippen LogP contribution in [-0.2, 0) is 14.3 Å². The first-order valence-electron chi connectivity index (χ1n) is 11.4. The van der Waals surface area contributed by atoms with Gasteiger partial charge in [-0.15, -0.1) is 11.3 Å². The first-order valence-corrected chi connectivity index (χ1v) is 13.0. The highest BCUT2D eigenvalue weighted by Gasteiger charge is 2.44. The monoisotopic (exact) mass is 566 g/mol. The van der Waals surface area contributed by atoms with E-state index < -0.39 is 18.5 Å². The minimum Gasteiger partial charge on any atom is -0.479 e. The summed E-state index contributed by atoms with van der Waals surface area (Å²) in [5.41, 5.74) is 1.76. The maximum absolute atomic E-state index is 12.3. The Kier molecular flexibility index (Phi) is 7.85. The van der Waals surface area contributed by atoms with Gasteiger partial charge in [-0.3, -0.25) is 0 Å². The summed E-state index contributed by atoms with van der Waals surface area (Å²) in [6, 6.07) is 8.37. The van der Waals surface area contributed by atoms with Gasteiger partial charge in [-0.05, 0) is 66.2 Å². The molecule has 2 aliphatic heterocycles. The zero-order valence-electron chi connectivity index (χ0n) is 19.4. The lowest BCUT2D eigenvalue weighted by atomic mass is 9.97. The highest BCUT2D eigenvalue weighted by atomic mass is 79.9. The van der Waals surface area contributed by atoms with E-state index in [0.29, 0.717) is 11.1 Å². The van der Waals surface area contributed by atoms with Crippen LogP contribution in [0, 0.1) is 0 Å². The number of piperidine rings is 1. The molecule has 188 valence electrons. The molecule has 9 nitrogen and oxygen atoms in total. The van der Waals surface area contributed by atoms with Gasteiger partial charge in [-0.2, -0.15) is 0 Å². The number of hydrogen-bond acceptors (Lipinski definition) is 8. The van der Waals surface area contributed by atoms with Crippen molar-refractivity contribution < 1.29 is 33.7 Å². The quantitative estimate of drug-likeness (QED) is 0.429. The van der Waals surface area contributed by atoms with Crippen molar-refractivity contribution in [2.75, 3.05) is 25.6 Å². The Hall–Kier alpha value is -2.79. The molecule has 11 heteroatoms. The fourth-order valence-electron chi connectivity index (χ4n) is 4.85. The number of carbonyl (C=O) groups excluding carboxylic acids is 2. The van der Waals surface area contributed by atoms with Crippen molar-refractivity contribution in [3.05, 3.63) is 33.6 Å². The number of amides is 1. The van der Waals surface area contributed by atoms with Crippen LogP contribution in [0.5, 0.6) is 5.75 Å². The summed E-state index contributed by atoms with van der Waals surface area (Å²) in [5, 5.41) is 12.6. The molecule has 2 bridgehead atoms. The van der Waals surface area contributed by atoms with E-state index >= 15 is 0 Å². The van der Waals surface area contributed by atoms with Gasteiger partial charge in [0.05, 0.1) is 23.1 Å². The third-order valence-electron chi connectivity index (χ3n) is 6.23. The molecule has 35 heavy (non-hydrogen) atoms. The number of hydrogen-bond donors (Lipinski definition) is 2. The first-order chi connectivity index (χ1) is 16.8. The van der Waals surface area contributed by atoms with E-state index in [-0.39, 0.29) is 34.8 Å². The normalized spacial score (nSPS) is 20.9. The average Bonchev–Trinajstić information content (AvgIpc) is 3.30. The van der Waals surface area contributed by atoms with Gasteiger partial charge in [0.2, 0.25) is 0 Å². The SMILES string of the molecule is CCOC(=O)N1C2CCC1CC(Nc1cccc(-c3sc(C(=O)OC)c(OCC(=O)O)c3Br)c1)C2. The number of fused-ring (bicyclic) bond motifs is 2. The Balaban J connectivity index is 1.53. The van der Waals surface area contributed by atoms with Gasteiger partial charge in [0, 0.05) is 23.8 Å². The van der Waals surface area contributed by atoms with Gasteiger partial charge in [-0.25, -0.2) is 14.4 Å². The molecule has 0 saturated carbocycles. The molecule has 2 atom stereocenters. The van der Waals surface area contributed by atoms with Crippen LogP contribution in [0.1, 0.15) is 42.3 Å². The van der Waals surface area contributed by atoms with Crippen LogP contribution in [-0.4, -0.2) is 66.5 Å². The minimum atomic E-state index is -1.14. The first kappa shape index (κ1) is 25.3. The maximum Gasteiger partial charge on any atom is 0.410 e. The van der Waals surface area contributed by atoms with Crippen LogP contribution in [0.25, 0.3) is 10.4 Å². The third-order valence-corrected chi connectivity index (χ3v) is 8.45. The molecule has 2 fully saturated rings. The molecular formula is C24H27BrN2O7S. The summed E-state index contributed by atoms with van der Waals surface area (Å²) >= 11 is 4.65. The molecule has 1 aromatic carbocycles. The van der Waals surface area contributed by atoms with Gasteiger partial charge in [0.15, 0.2) is 17.2 Å². The number of nitrogens with one attached hydrogen (secondary N) is 1. The van der Waals surface area contributed by atoms with Crippen molar-refractivity contribution in [2.45, 2.75) is 50.7 Å². The van der Waals surface area contributed by atoms with E-state index in [2.05, 4.69) is 21.2 Å². The molecule has 2 N–H and O–H groups in total. The van der Waals surface area contributed by atoms with E-state index in [1.54, 1.807) is 0 Å². The molecule has 1 aromatic heterocycles. The number of halogens is 1. The number of carbonyl (C=O) groups is 3. The van der Waals surface area contributed by atoms with E-state index in [9.17, 15) is 14.4 Å². The van der Waals surface area contributed by atoms with Crippen molar-refractivity contribution in [2.24, 2.45) is 0 Å². The van der Waals surface area contributed by atoms with Crippen molar-refractivity contribution in [1.82, 2.24) is 4.90 Å². The molecule has 0 aliphatic carbocycles. The number of anilines is 1. The molecule has 2 saturated heterocycles. The highest BCUT2D eigenvalue weighted by Crippen LogP contribution is 2.46. The maximum atomic E-state index is 12.3. The zero-order chi connectivity index (χ0) is 25.1. The predicted molar refractivity (Wildman–Crippen MR) is 134 cm³/mol. The fourth-order valence-corrected chi connectivity index (χ4v) is 6.82. The molecule has 0 radical (unpaired) electrons. The second-order valence-corrected chi connectivity index (χ2v) is 10.3. The number of methoxy groups -OCH3 is 1. The molecule has 2 aromatic rings. The number of carboxylic acids is 1. The number of carboxylic acid groups (broad SMARTS) is 1. The standard InChI is InChI=1S/C24H27BrN2O7S/c1-3-33-24(31)27-16-7-8-17(27)11-15(10-16)26-14-6-4-5-13(9-14)21-19(25)20(34-12-18(28)29)22(35-21)23(30)32-2/h4-6,9,15-17,26H,3,7-8,10-12H2,1-2H3,(H,28,29). The number of thiophene rings is 1. The van der Waals surface area contributed by atoms with Crippen molar-refractivity contribution in [1.29, 1.82) is 0 Å². The third kappa shape index (κ3) is 5.40.